The zero-order valence-corrected chi connectivity index (χ0v) is 15.6. The zero-order chi connectivity index (χ0) is 19.1. The van der Waals surface area contributed by atoms with Gasteiger partial charge in [-0.25, -0.2) is 14.2 Å². The van der Waals surface area contributed by atoms with Crippen molar-refractivity contribution in [3.63, 3.8) is 0 Å². The summed E-state index contributed by atoms with van der Waals surface area (Å²) < 4.78 is 13.6. The molecule has 1 aliphatic heterocycles. The van der Waals surface area contributed by atoms with E-state index < -0.39 is 0 Å². The molecule has 0 spiro atoms. The number of benzene rings is 1. The highest BCUT2D eigenvalue weighted by Crippen LogP contribution is 2.14. The van der Waals surface area contributed by atoms with E-state index in [1.165, 1.54) is 6.07 Å². The third kappa shape index (κ3) is 5.65. The molecule has 7 heteroatoms. The molecular formula is C20H26FN5O. The van der Waals surface area contributed by atoms with Crippen molar-refractivity contribution >= 4 is 11.8 Å². The summed E-state index contributed by atoms with van der Waals surface area (Å²) in [6.45, 7) is 4.77. The first-order valence-corrected chi connectivity index (χ1v) is 9.25. The summed E-state index contributed by atoms with van der Waals surface area (Å²) in [6, 6.07) is 10.3. The average molecular weight is 371 g/mol. The normalized spacial score (nSPS) is 14.8. The van der Waals surface area contributed by atoms with Crippen LogP contribution in [-0.4, -0.2) is 55.7 Å². The van der Waals surface area contributed by atoms with Gasteiger partial charge in [0.05, 0.1) is 0 Å². The summed E-state index contributed by atoms with van der Waals surface area (Å²) in [4.78, 5) is 21.0. The number of amides is 2. The molecule has 0 aliphatic carbocycles. The van der Waals surface area contributed by atoms with Crippen molar-refractivity contribution in [2.24, 2.45) is 0 Å². The fourth-order valence-corrected chi connectivity index (χ4v) is 3.04. The quantitative estimate of drug-likeness (QED) is 0.816. The van der Waals surface area contributed by atoms with Crippen LogP contribution in [0.15, 0.2) is 42.6 Å². The van der Waals surface area contributed by atoms with Crippen molar-refractivity contribution in [1.82, 2.24) is 20.5 Å². The van der Waals surface area contributed by atoms with Crippen LogP contribution in [0.1, 0.15) is 11.1 Å². The minimum absolute atomic E-state index is 0.243. The standard InChI is InChI=1S/C20H26FN5O/c1-25-10-12-26(13-11-25)19-14-16(6-8-22-19)15-24-20(27)23-9-7-17-4-2-3-5-18(17)21/h2-6,8,14H,7,9-13,15H2,1H3,(H2,23,24,27). The van der Waals surface area contributed by atoms with Gasteiger partial charge in [-0.2, -0.15) is 0 Å². The monoisotopic (exact) mass is 371 g/mol. The lowest BCUT2D eigenvalue weighted by Gasteiger charge is -2.33. The molecule has 6 nitrogen and oxygen atoms in total. The van der Waals surface area contributed by atoms with Crippen molar-refractivity contribution in [3.05, 3.63) is 59.5 Å². The first-order valence-electron chi connectivity index (χ1n) is 9.25. The van der Waals surface area contributed by atoms with Crippen LogP contribution in [0.4, 0.5) is 15.0 Å². The van der Waals surface area contributed by atoms with Crippen LogP contribution in [0, 0.1) is 5.82 Å². The summed E-state index contributed by atoms with van der Waals surface area (Å²) in [5.41, 5.74) is 1.60. The van der Waals surface area contributed by atoms with Gasteiger partial charge in [0.2, 0.25) is 0 Å². The van der Waals surface area contributed by atoms with Crippen LogP contribution >= 0.6 is 0 Å². The minimum Gasteiger partial charge on any atom is -0.354 e. The number of halogens is 1. The summed E-state index contributed by atoms with van der Waals surface area (Å²) in [7, 11) is 2.12. The van der Waals surface area contributed by atoms with Gasteiger partial charge in [0, 0.05) is 45.5 Å². The smallest absolute Gasteiger partial charge is 0.315 e. The number of hydrogen-bond acceptors (Lipinski definition) is 4. The maximum absolute atomic E-state index is 13.6. The van der Waals surface area contributed by atoms with Crippen LogP contribution in [0.3, 0.4) is 0 Å². The second kappa shape index (κ2) is 9.32. The van der Waals surface area contributed by atoms with Crippen LogP contribution < -0.4 is 15.5 Å². The summed E-state index contributed by atoms with van der Waals surface area (Å²) in [5, 5.41) is 5.60. The van der Waals surface area contributed by atoms with Gasteiger partial charge in [-0.1, -0.05) is 18.2 Å². The maximum Gasteiger partial charge on any atom is 0.315 e. The molecule has 2 aromatic rings. The number of nitrogens with zero attached hydrogens (tertiary/aromatic N) is 3. The van der Waals surface area contributed by atoms with E-state index in [-0.39, 0.29) is 11.8 Å². The van der Waals surface area contributed by atoms with Crippen molar-refractivity contribution in [2.75, 3.05) is 44.7 Å². The van der Waals surface area contributed by atoms with Crippen molar-refractivity contribution in [3.8, 4) is 0 Å². The molecule has 2 amide bonds. The second-order valence-electron chi connectivity index (χ2n) is 6.76. The Labute approximate surface area is 159 Å². The average Bonchev–Trinajstić information content (AvgIpc) is 2.69. The van der Waals surface area contributed by atoms with Gasteiger partial charge in [0.25, 0.3) is 0 Å². The molecule has 1 fully saturated rings. The SMILES string of the molecule is CN1CCN(c2cc(CNC(=O)NCCc3ccccc3F)ccn2)CC1. The minimum atomic E-state index is -0.260. The Bertz CT molecular complexity index is 762. The molecule has 0 radical (unpaired) electrons. The number of carbonyl (C=O) groups is 1. The van der Waals surface area contributed by atoms with Crippen molar-refractivity contribution in [1.29, 1.82) is 0 Å². The van der Waals surface area contributed by atoms with Gasteiger partial charge in [-0.3, -0.25) is 0 Å². The Balaban J connectivity index is 1.43. The molecule has 27 heavy (non-hydrogen) atoms. The molecule has 0 saturated carbocycles. The third-order valence-electron chi connectivity index (χ3n) is 4.73. The molecular weight excluding hydrogens is 345 g/mol. The molecule has 0 bridgehead atoms. The van der Waals surface area contributed by atoms with E-state index in [4.69, 9.17) is 0 Å². The lowest BCUT2D eigenvalue weighted by Crippen LogP contribution is -2.44. The van der Waals surface area contributed by atoms with Gasteiger partial charge in [0.1, 0.15) is 11.6 Å². The van der Waals surface area contributed by atoms with Gasteiger partial charge >= 0.3 is 6.03 Å². The van der Waals surface area contributed by atoms with Gasteiger partial charge in [-0.05, 0) is 42.8 Å². The molecule has 144 valence electrons. The van der Waals surface area contributed by atoms with E-state index >= 15 is 0 Å². The predicted molar refractivity (Wildman–Crippen MR) is 104 cm³/mol. The maximum atomic E-state index is 13.6. The summed E-state index contributed by atoms with van der Waals surface area (Å²) in [6.07, 6.45) is 2.24. The number of piperazine rings is 1. The van der Waals surface area contributed by atoms with Crippen molar-refractivity contribution in [2.45, 2.75) is 13.0 Å². The topological polar surface area (TPSA) is 60.5 Å². The van der Waals surface area contributed by atoms with Gasteiger partial charge < -0.3 is 20.4 Å². The van der Waals surface area contributed by atoms with Crippen LogP contribution in [0.5, 0.6) is 0 Å². The molecule has 2 N–H and O–H groups in total. The molecule has 1 aromatic carbocycles. The molecule has 1 aromatic heterocycles. The Kier molecular flexibility index (Phi) is 6.59. The Morgan fingerprint density at radius 3 is 2.70 bits per heavy atom. The lowest BCUT2D eigenvalue weighted by molar-refractivity contribution is 0.240. The Morgan fingerprint density at radius 2 is 1.93 bits per heavy atom. The number of likely N-dealkylation sites (N-methyl/N-ethyl adjacent to an activating group) is 1. The highest BCUT2D eigenvalue weighted by Gasteiger charge is 2.15. The number of aromatic nitrogens is 1. The van der Waals surface area contributed by atoms with E-state index in [1.807, 2.05) is 12.1 Å². The highest BCUT2D eigenvalue weighted by molar-refractivity contribution is 5.73. The molecule has 1 saturated heterocycles. The summed E-state index contributed by atoms with van der Waals surface area (Å²) >= 11 is 0. The van der Waals surface area contributed by atoms with Crippen LogP contribution in [0.25, 0.3) is 0 Å². The number of anilines is 1. The number of urea groups is 1. The fourth-order valence-electron chi connectivity index (χ4n) is 3.04. The van der Waals surface area contributed by atoms with Gasteiger partial charge in [0.15, 0.2) is 0 Å². The number of pyridine rings is 1. The number of nitrogens with one attached hydrogen (secondary N) is 2. The van der Waals surface area contributed by atoms with Crippen LogP contribution in [0.2, 0.25) is 0 Å². The van der Waals surface area contributed by atoms with E-state index in [9.17, 15) is 9.18 Å². The highest BCUT2D eigenvalue weighted by atomic mass is 19.1. The predicted octanol–water partition coefficient (Wildman–Crippen LogP) is 2.01. The molecule has 3 rings (SSSR count). The van der Waals surface area contributed by atoms with Crippen molar-refractivity contribution < 1.29 is 9.18 Å². The fraction of sp³-hybridized carbons (Fsp3) is 0.400. The van der Waals surface area contributed by atoms with E-state index in [1.54, 1.807) is 24.4 Å². The lowest BCUT2D eigenvalue weighted by atomic mass is 10.1. The molecule has 0 atom stereocenters. The number of hydrogen-bond donors (Lipinski definition) is 2. The van der Waals surface area contributed by atoms with Crippen LogP contribution in [-0.2, 0) is 13.0 Å². The summed E-state index contributed by atoms with van der Waals surface area (Å²) in [5.74, 6) is 0.704. The first-order chi connectivity index (χ1) is 13.1. The third-order valence-corrected chi connectivity index (χ3v) is 4.73. The van der Waals surface area contributed by atoms with E-state index in [2.05, 4.69) is 32.5 Å². The number of carbonyl (C=O) groups excluding carboxylic acids is 1. The Morgan fingerprint density at radius 1 is 1.15 bits per heavy atom. The largest absolute Gasteiger partial charge is 0.354 e. The molecule has 1 aliphatic rings. The molecule has 2 heterocycles. The first kappa shape index (κ1) is 19.1. The van der Waals surface area contributed by atoms with E-state index in [0.29, 0.717) is 25.1 Å². The van der Waals surface area contributed by atoms with Gasteiger partial charge in [-0.15, -0.1) is 0 Å². The number of rotatable bonds is 6. The second-order valence-corrected chi connectivity index (χ2v) is 6.76. The Hall–Kier alpha value is -2.67. The zero-order valence-electron chi connectivity index (χ0n) is 15.6. The van der Waals surface area contributed by atoms with E-state index in [0.717, 1.165) is 37.6 Å². The molecule has 0 unspecified atom stereocenters.